The normalized spacial score (nSPS) is 10.1. The molecule has 1 amide bonds. The Morgan fingerprint density at radius 2 is 2.17 bits per heavy atom. The Morgan fingerprint density at radius 1 is 1.39 bits per heavy atom. The van der Waals surface area contributed by atoms with Crippen LogP contribution in [0.4, 0.5) is 15.8 Å². The van der Waals surface area contributed by atoms with Crippen LogP contribution < -0.4 is 11.1 Å². The second-order valence-corrected chi connectivity index (χ2v) is 4.40. The molecule has 0 aliphatic carbocycles. The van der Waals surface area contributed by atoms with E-state index in [1.807, 2.05) is 0 Å². The Bertz CT molecular complexity index is 604. The quantitative estimate of drug-likeness (QED) is 0.838. The predicted octanol–water partition coefficient (Wildman–Crippen LogP) is 2.82. The third-order valence-corrected chi connectivity index (χ3v) is 2.99. The van der Waals surface area contributed by atoms with E-state index in [1.165, 1.54) is 12.3 Å². The summed E-state index contributed by atoms with van der Waals surface area (Å²) in [5.74, 6) is -1.21. The average molecular weight is 310 g/mol. The average Bonchev–Trinajstić information content (AvgIpc) is 2.34. The van der Waals surface area contributed by atoms with Crippen molar-refractivity contribution < 1.29 is 9.18 Å². The second-order valence-electron chi connectivity index (χ2n) is 3.55. The van der Waals surface area contributed by atoms with Crippen LogP contribution in [0.5, 0.6) is 0 Å². The largest absolute Gasteiger partial charge is 0.398 e. The third-order valence-electron chi connectivity index (χ3n) is 2.27. The molecular weight excluding hydrogens is 301 g/mol. The van der Waals surface area contributed by atoms with Crippen molar-refractivity contribution in [3.05, 3.63) is 52.5 Å². The van der Waals surface area contributed by atoms with E-state index in [-0.39, 0.29) is 5.56 Å². The number of halogens is 2. The lowest BCUT2D eigenvalue weighted by Gasteiger charge is -2.07. The van der Waals surface area contributed by atoms with Crippen LogP contribution in [0.3, 0.4) is 0 Å². The number of hydrogen-bond donors (Lipinski definition) is 2. The summed E-state index contributed by atoms with van der Waals surface area (Å²) in [7, 11) is 0. The molecule has 0 fully saturated rings. The maximum absolute atomic E-state index is 13.3. The number of rotatable bonds is 2. The summed E-state index contributed by atoms with van der Waals surface area (Å²) < 4.78 is 14.1. The van der Waals surface area contributed by atoms with E-state index in [1.54, 1.807) is 18.2 Å². The molecule has 0 aliphatic rings. The first kappa shape index (κ1) is 12.5. The van der Waals surface area contributed by atoms with Crippen LogP contribution >= 0.6 is 15.9 Å². The molecule has 3 N–H and O–H groups in total. The van der Waals surface area contributed by atoms with Crippen LogP contribution in [0.15, 0.2) is 41.1 Å². The molecule has 0 saturated carbocycles. The molecule has 0 saturated heterocycles. The van der Waals surface area contributed by atoms with Gasteiger partial charge in [0.1, 0.15) is 0 Å². The van der Waals surface area contributed by atoms with Crippen LogP contribution in [0.1, 0.15) is 10.4 Å². The van der Waals surface area contributed by atoms with Gasteiger partial charge in [-0.05, 0) is 40.2 Å². The minimum atomic E-state index is -0.667. The maximum Gasteiger partial charge on any atom is 0.258 e. The zero-order valence-corrected chi connectivity index (χ0v) is 10.7. The number of nitrogens with one attached hydrogen (secondary N) is 1. The fraction of sp³-hybridized carbons (Fsp3) is 0. The van der Waals surface area contributed by atoms with Crippen LogP contribution in [-0.2, 0) is 0 Å². The number of amides is 1. The van der Waals surface area contributed by atoms with Gasteiger partial charge in [0.15, 0.2) is 5.82 Å². The lowest BCUT2D eigenvalue weighted by molar-refractivity contribution is 0.102. The zero-order valence-electron chi connectivity index (χ0n) is 9.15. The van der Waals surface area contributed by atoms with Gasteiger partial charge in [0.05, 0.1) is 11.8 Å². The molecule has 4 nitrogen and oxygen atoms in total. The lowest BCUT2D eigenvalue weighted by atomic mass is 10.2. The minimum absolute atomic E-state index is 0.0634. The van der Waals surface area contributed by atoms with Crippen LogP contribution in [0, 0.1) is 5.82 Å². The molecule has 1 aromatic heterocycles. The van der Waals surface area contributed by atoms with E-state index >= 15 is 0 Å². The van der Waals surface area contributed by atoms with E-state index in [9.17, 15) is 9.18 Å². The molecule has 1 heterocycles. The predicted molar refractivity (Wildman–Crippen MR) is 70.7 cm³/mol. The third kappa shape index (κ3) is 2.65. The Kier molecular flexibility index (Phi) is 3.57. The number of hydrogen-bond acceptors (Lipinski definition) is 3. The van der Waals surface area contributed by atoms with Gasteiger partial charge >= 0.3 is 0 Å². The van der Waals surface area contributed by atoms with E-state index in [4.69, 9.17) is 5.73 Å². The smallest absolute Gasteiger partial charge is 0.258 e. The van der Waals surface area contributed by atoms with Gasteiger partial charge in [-0.3, -0.25) is 9.78 Å². The number of carbonyl (C=O) groups is 1. The molecule has 92 valence electrons. The van der Waals surface area contributed by atoms with Crippen molar-refractivity contribution in [2.24, 2.45) is 0 Å². The molecule has 2 rings (SSSR count). The standard InChI is InChI=1S/C12H9BrFN3O/c13-9-2-1-7(5-11(9)15)17-12(18)8-3-4-16-6-10(8)14/h1-6H,15H2,(H,17,18). The van der Waals surface area contributed by atoms with Gasteiger partial charge < -0.3 is 11.1 Å². The van der Waals surface area contributed by atoms with Crippen molar-refractivity contribution in [3.63, 3.8) is 0 Å². The monoisotopic (exact) mass is 309 g/mol. The van der Waals surface area contributed by atoms with Gasteiger partial charge in [-0.1, -0.05) is 0 Å². The van der Waals surface area contributed by atoms with Crippen molar-refractivity contribution in [2.45, 2.75) is 0 Å². The van der Waals surface area contributed by atoms with Crippen molar-refractivity contribution in [3.8, 4) is 0 Å². The summed E-state index contributed by atoms with van der Waals surface area (Å²) in [6.07, 6.45) is 2.35. The van der Waals surface area contributed by atoms with E-state index in [2.05, 4.69) is 26.2 Å². The van der Waals surface area contributed by atoms with E-state index in [0.29, 0.717) is 11.4 Å². The van der Waals surface area contributed by atoms with Gasteiger partial charge in [0, 0.05) is 22.0 Å². The number of nitrogens with zero attached hydrogens (tertiary/aromatic N) is 1. The number of carbonyl (C=O) groups excluding carboxylic acids is 1. The van der Waals surface area contributed by atoms with Crippen LogP contribution in [0.2, 0.25) is 0 Å². The van der Waals surface area contributed by atoms with E-state index < -0.39 is 11.7 Å². The number of anilines is 2. The zero-order chi connectivity index (χ0) is 13.1. The van der Waals surface area contributed by atoms with Gasteiger partial charge in [-0.2, -0.15) is 0 Å². The van der Waals surface area contributed by atoms with Crippen LogP contribution in [-0.4, -0.2) is 10.9 Å². The lowest BCUT2D eigenvalue weighted by Crippen LogP contribution is -2.14. The molecule has 2 aromatic rings. The molecule has 0 radical (unpaired) electrons. The van der Waals surface area contributed by atoms with Crippen molar-refractivity contribution in [2.75, 3.05) is 11.1 Å². The summed E-state index contributed by atoms with van der Waals surface area (Å²) in [6.45, 7) is 0. The highest BCUT2D eigenvalue weighted by Gasteiger charge is 2.11. The van der Waals surface area contributed by atoms with Gasteiger partial charge in [-0.25, -0.2) is 4.39 Å². The topological polar surface area (TPSA) is 68.0 Å². The molecule has 0 bridgehead atoms. The number of benzene rings is 1. The molecule has 0 unspecified atom stereocenters. The van der Waals surface area contributed by atoms with Gasteiger partial charge in [0.2, 0.25) is 0 Å². The van der Waals surface area contributed by atoms with Gasteiger partial charge in [0.25, 0.3) is 5.91 Å². The number of nitrogens with two attached hydrogens (primary N) is 1. The Morgan fingerprint density at radius 3 is 2.83 bits per heavy atom. The summed E-state index contributed by atoms with van der Waals surface area (Å²) in [5, 5.41) is 2.56. The Hall–Kier alpha value is -1.95. The second kappa shape index (κ2) is 5.14. The molecular formula is C12H9BrFN3O. The molecule has 1 aromatic carbocycles. The van der Waals surface area contributed by atoms with Crippen molar-refractivity contribution in [1.29, 1.82) is 0 Å². The Labute approximate surface area is 111 Å². The maximum atomic E-state index is 13.3. The number of aromatic nitrogens is 1. The van der Waals surface area contributed by atoms with Crippen molar-refractivity contribution >= 4 is 33.2 Å². The highest BCUT2D eigenvalue weighted by Crippen LogP contribution is 2.23. The van der Waals surface area contributed by atoms with Crippen LogP contribution in [0.25, 0.3) is 0 Å². The minimum Gasteiger partial charge on any atom is -0.398 e. The Balaban J connectivity index is 2.22. The SMILES string of the molecule is Nc1cc(NC(=O)c2ccncc2F)ccc1Br. The molecule has 6 heteroatoms. The first-order valence-corrected chi connectivity index (χ1v) is 5.83. The molecule has 0 atom stereocenters. The fourth-order valence-electron chi connectivity index (χ4n) is 1.38. The summed E-state index contributed by atoms with van der Waals surface area (Å²) in [4.78, 5) is 15.4. The summed E-state index contributed by atoms with van der Waals surface area (Å²) >= 11 is 3.25. The first-order chi connectivity index (χ1) is 8.58. The highest BCUT2D eigenvalue weighted by molar-refractivity contribution is 9.10. The van der Waals surface area contributed by atoms with Crippen molar-refractivity contribution in [1.82, 2.24) is 4.98 Å². The van der Waals surface area contributed by atoms with E-state index in [0.717, 1.165) is 10.7 Å². The number of nitrogen functional groups attached to an aromatic ring is 1. The fourth-order valence-corrected chi connectivity index (χ4v) is 1.63. The molecule has 18 heavy (non-hydrogen) atoms. The highest BCUT2D eigenvalue weighted by atomic mass is 79.9. The summed E-state index contributed by atoms with van der Waals surface area (Å²) in [5.41, 5.74) is 6.61. The molecule has 0 aliphatic heterocycles. The first-order valence-electron chi connectivity index (χ1n) is 5.04. The summed E-state index contributed by atoms with van der Waals surface area (Å²) in [6, 6.07) is 6.26. The molecule has 0 spiro atoms. The number of pyridine rings is 1. The van der Waals surface area contributed by atoms with Gasteiger partial charge in [-0.15, -0.1) is 0 Å².